The minimum atomic E-state index is 0.0142. The van der Waals surface area contributed by atoms with Crippen LogP contribution in [-0.4, -0.2) is 38.5 Å². The topological polar surface area (TPSA) is 86.6 Å². The zero-order valence-corrected chi connectivity index (χ0v) is 25.9. The Morgan fingerprint density at radius 1 is 0.905 bits per heavy atom. The minimum Gasteiger partial charge on any atom is -0.490 e. The van der Waals surface area contributed by atoms with Gasteiger partial charge in [-0.25, -0.2) is 0 Å². The molecule has 3 aromatic carbocycles. The Bertz CT molecular complexity index is 1510. The highest BCUT2D eigenvalue weighted by molar-refractivity contribution is 6.37. The van der Waals surface area contributed by atoms with Crippen molar-refractivity contribution < 1.29 is 14.2 Å². The second-order valence-electron chi connectivity index (χ2n) is 10.4. The Morgan fingerprint density at radius 3 is 2.29 bits per heavy atom. The molecular formula is C34H38Cl2N2O4. The van der Waals surface area contributed by atoms with Crippen molar-refractivity contribution in [3.05, 3.63) is 115 Å². The second-order valence-corrected chi connectivity index (χ2v) is 11.2. The van der Waals surface area contributed by atoms with Gasteiger partial charge in [0.25, 0.3) is 0 Å². The molecule has 8 heteroatoms. The number of methoxy groups -OCH3 is 1. The predicted octanol–water partition coefficient (Wildman–Crippen LogP) is 7.29. The van der Waals surface area contributed by atoms with Gasteiger partial charge < -0.3 is 24.9 Å². The summed E-state index contributed by atoms with van der Waals surface area (Å²) < 4.78 is 16.8. The molecule has 1 atom stereocenters. The van der Waals surface area contributed by atoms with E-state index in [4.69, 9.17) is 43.1 Å². The molecule has 4 aromatic rings. The first-order chi connectivity index (χ1) is 20.3. The van der Waals surface area contributed by atoms with Crippen molar-refractivity contribution in [3.63, 3.8) is 0 Å². The van der Waals surface area contributed by atoms with Crippen molar-refractivity contribution in [1.29, 1.82) is 0 Å². The number of hydrogen-bond acceptors (Lipinski definition) is 5. The van der Waals surface area contributed by atoms with E-state index in [-0.39, 0.29) is 11.3 Å². The molecule has 1 unspecified atom stereocenters. The summed E-state index contributed by atoms with van der Waals surface area (Å²) in [5.41, 5.74) is 13.3. The first-order valence-electron chi connectivity index (χ1n) is 14.1. The van der Waals surface area contributed by atoms with Crippen molar-refractivity contribution in [2.75, 3.05) is 33.5 Å². The fourth-order valence-corrected chi connectivity index (χ4v) is 5.88. The monoisotopic (exact) mass is 608 g/mol. The van der Waals surface area contributed by atoms with Gasteiger partial charge in [-0.2, -0.15) is 0 Å². The number of H-pyrrole nitrogens is 1. The molecule has 1 heterocycles. The zero-order chi connectivity index (χ0) is 30.1. The van der Waals surface area contributed by atoms with Crippen LogP contribution in [0.15, 0.2) is 71.7 Å². The van der Waals surface area contributed by atoms with Crippen LogP contribution < -0.4 is 20.6 Å². The van der Waals surface area contributed by atoms with Crippen LogP contribution in [-0.2, 0) is 17.6 Å². The maximum atomic E-state index is 12.8. The highest BCUT2D eigenvalue weighted by Crippen LogP contribution is 2.34. The summed E-state index contributed by atoms with van der Waals surface area (Å²) in [5.74, 6) is 1.36. The van der Waals surface area contributed by atoms with Gasteiger partial charge in [0.2, 0.25) is 0 Å². The lowest BCUT2D eigenvalue weighted by molar-refractivity contribution is 0.195. The lowest BCUT2D eigenvalue weighted by Gasteiger charge is -2.19. The molecule has 0 radical (unpaired) electrons. The first-order valence-corrected chi connectivity index (χ1v) is 14.9. The Kier molecular flexibility index (Phi) is 11.5. The molecule has 222 valence electrons. The Labute approximate surface area is 257 Å². The number of ether oxygens (including phenoxy) is 3. The third kappa shape index (κ3) is 8.17. The van der Waals surface area contributed by atoms with E-state index >= 15 is 0 Å². The van der Waals surface area contributed by atoms with E-state index in [1.54, 1.807) is 19.4 Å². The number of pyridine rings is 1. The van der Waals surface area contributed by atoms with E-state index in [1.165, 1.54) is 5.56 Å². The van der Waals surface area contributed by atoms with E-state index in [1.807, 2.05) is 37.3 Å². The zero-order valence-electron chi connectivity index (χ0n) is 24.3. The molecule has 42 heavy (non-hydrogen) atoms. The number of hydrogen-bond donors (Lipinski definition) is 2. The molecule has 0 bridgehead atoms. The largest absolute Gasteiger partial charge is 0.490 e. The van der Waals surface area contributed by atoms with Crippen LogP contribution in [0.25, 0.3) is 11.1 Å². The molecule has 0 aliphatic rings. The van der Waals surface area contributed by atoms with Crippen molar-refractivity contribution >= 4 is 23.2 Å². The summed E-state index contributed by atoms with van der Waals surface area (Å²) in [6.07, 6.45) is 4.08. The average Bonchev–Trinajstić information content (AvgIpc) is 2.96. The van der Waals surface area contributed by atoms with E-state index in [0.29, 0.717) is 42.2 Å². The minimum absolute atomic E-state index is 0.0142. The Morgan fingerprint density at radius 2 is 1.62 bits per heavy atom. The average molecular weight is 610 g/mol. The highest BCUT2D eigenvalue weighted by atomic mass is 35.5. The molecule has 0 spiro atoms. The van der Waals surface area contributed by atoms with Crippen LogP contribution in [0.2, 0.25) is 10.0 Å². The maximum Gasteiger partial charge on any atom is 0.189 e. The molecule has 0 saturated carbocycles. The summed E-state index contributed by atoms with van der Waals surface area (Å²) in [5, 5.41) is 0.972. The maximum absolute atomic E-state index is 12.8. The SMILES string of the molecule is COCCCc1[nH]ccc(=O)c1-c1ccc(C(CN)Cc2ccc(OCCOc3c(Cl)cc(C)cc3Cl)cc2)c(C)c1. The molecule has 3 N–H and O–H groups in total. The third-order valence-corrected chi connectivity index (χ3v) is 7.81. The molecule has 0 aliphatic carbocycles. The molecule has 1 aromatic heterocycles. The summed E-state index contributed by atoms with van der Waals surface area (Å²) in [6.45, 7) is 5.84. The summed E-state index contributed by atoms with van der Waals surface area (Å²) in [4.78, 5) is 16.1. The van der Waals surface area contributed by atoms with Crippen LogP contribution in [0.3, 0.4) is 0 Å². The molecular weight excluding hydrogens is 571 g/mol. The van der Waals surface area contributed by atoms with Gasteiger partial charge >= 0.3 is 0 Å². The Balaban J connectivity index is 1.38. The number of rotatable bonds is 14. The molecule has 6 nitrogen and oxygen atoms in total. The number of aromatic amines is 1. The third-order valence-electron chi connectivity index (χ3n) is 7.25. The first kappa shape index (κ1) is 31.6. The van der Waals surface area contributed by atoms with E-state index < -0.39 is 0 Å². The van der Waals surface area contributed by atoms with Gasteiger partial charge in [0, 0.05) is 43.2 Å². The number of benzene rings is 3. The van der Waals surface area contributed by atoms with E-state index in [9.17, 15) is 4.79 Å². The van der Waals surface area contributed by atoms with E-state index in [0.717, 1.165) is 58.5 Å². The van der Waals surface area contributed by atoms with Gasteiger partial charge in [-0.05, 0) is 91.7 Å². The van der Waals surface area contributed by atoms with Crippen LogP contribution >= 0.6 is 23.2 Å². The molecule has 0 amide bonds. The van der Waals surface area contributed by atoms with Crippen LogP contribution in [0.5, 0.6) is 11.5 Å². The van der Waals surface area contributed by atoms with Crippen LogP contribution in [0.4, 0.5) is 0 Å². The molecule has 4 rings (SSSR count). The number of aromatic nitrogens is 1. The number of nitrogens with one attached hydrogen (secondary N) is 1. The summed E-state index contributed by atoms with van der Waals surface area (Å²) in [6, 6.07) is 19.5. The number of aryl methyl sites for hydroxylation is 3. The van der Waals surface area contributed by atoms with Gasteiger partial charge in [0.15, 0.2) is 11.2 Å². The Hall–Kier alpha value is -3.29. The van der Waals surface area contributed by atoms with Crippen molar-refractivity contribution in [2.24, 2.45) is 5.73 Å². The number of nitrogens with two attached hydrogens (primary N) is 1. The molecule has 0 fully saturated rings. The molecule has 0 aliphatic heterocycles. The van der Waals surface area contributed by atoms with Crippen molar-refractivity contribution in [3.8, 4) is 22.6 Å². The molecule has 0 saturated heterocycles. The smallest absolute Gasteiger partial charge is 0.189 e. The van der Waals surface area contributed by atoms with Gasteiger partial charge in [-0.1, -0.05) is 53.5 Å². The van der Waals surface area contributed by atoms with Crippen LogP contribution in [0, 0.1) is 13.8 Å². The van der Waals surface area contributed by atoms with Gasteiger partial charge in [0.1, 0.15) is 19.0 Å². The standard InChI is InChI=1S/C34H38Cl2N2O4/c1-22-17-29(35)34(30(36)18-22)42-16-15-41-27-9-6-24(7-10-27)20-26(21-37)28-11-8-25(19-23(28)2)33-31(5-4-14-40-3)38-13-12-32(33)39/h6-13,17-19,26H,4-5,14-16,20-21,37H2,1-3H3,(H,38,39). The van der Waals surface area contributed by atoms with Gasteiger partial charge in [-0.3, -0.25) is 4.79 Å². The highest BCUT2D eigenvalue weighted by Gasteiger charge is 2.17. The van der Waals surface area contributed by atoms with Gasteiger partial charge in [-0.15, -0.1) is 0 Å². The predicted molar refractivity (Wildman–Crippen MR) is 172 cm³/mol. The van der Waals surface area contributed by atoms with Crippen LogP contribution in [0.1, 0.15) is 40.3 Å². The second kappa shape index (κ2) is 15.3. The van der Waals surface area contributed by atoms with Crippen molar-refractivity contribution in [2.45, 2.75) is 39.0 Å². The summed E-state index contributed by atoms with van der Waals surface area (Å²) >= 11 is 12.5. The quantitative estimate of drug-likeness (QED) is 0.147. The number of halogens is 2. The summed E-state index contributed by atoms with van der Waals surface area (Å²) in [7, 11) is 1.69. The van der Waals surface area contributed by atoms with Crippen molar-refractivity contribution in [1.82, 2.24) is 4.98 Å². The van der Waals surface area contributed by atoms with Gasteiger partial charge in [0.05, 0.1) is 10.0 Å². The fraction of sp³-hybridized carbons (Fsp3) is 0.324. The fourth-order valence-electron chi connectivity index (χ4n) is 5.17. The lowest BCUT2D eigenvalue weighted by Crippen LogP contribution is -2.16. The normalized spacial score (nSPS) is 11.9. The lowest BCUT2D eigenvalue weighted by atomic mass is 9.87. The van der Waals surface area contributed by atoms with E-state index in [2.05, 4.69) is 36.2 Å².